The van der Waals surface area contributed by atoms with Crippen molar-refractivity contribution in [2.75, 3.05) is 24.0 Å². The minimum absolute atomic E-state index is 0.0674. The Morgan fingerprint density at radius 2 is 1.54 bits per heavy atom. The van der Waals surface area contributed by atoms with Crippen molar-refractivity contribution in [2.24, 2.45) is 0 Å². The predicted molar refractivity (Wildman–Crippen MR) is 178 cm³/mol. The molecule has 1 atom stereocenters. The fourth-order valence-electron chi connectivity index (χ4n) is 5.06. The molecule has 0 spiro atoms. The van der Waals surface area contributed by atoms with Crippen LogP contribution in [0.25, 0.3) is 0 Å². The second kappa shape index (κ2) is 16.0. The molecule has 0 aliphatic carbocycles. The molecule has 4 aromatic rings. The zero-order valence-electron chi connectivity index (χ0n) is 26.4. The van der Waals surface area contributed by atoms with Crippen LogP contribution in [0.15, 0.2) is 108 Å². The third kappa shape index (κ3) is 8.94. The van der Waals surface area contributed by atoms with Gasteiger partial charge in [0, 0.05) is 19.5 Å². The lowest BCUT2D eigenvalue weighted by atomic mass is 10.0. The van der Waals surface area contributed by atoms with Crippen molar-refractivity contribution in [3.63, 3.8) is 0 Å². The smallest absolute Gasteiger partial charge is 0.264 e. The molecule has 0 aliphatic heterocycles. The number of carbonyl (C=O) groups excluding carboxylic acids is 2. The Balaban J connectivity index is 1.78. The molecule has 2 amide bonds. The Morgan fingerprint density at radius 3 is 2.17 bits per heavy atom. The maximum Gasteiger partial charge on any atom is 0.264 e. The Kier molecular flexibility index (Phi) is 11.9. The molecular weight excluding hydrogens is 605 g/mol. The van der Waals surface area contributed by atoms with E-state index in [1.165, 1.54) is 29.2 Å². The van der Waals surface area contributed by atoms with Crippen molar-refractivity contribution >= 4 is 27.5 Å². The van der Waals surface area contributed by atoms with Gasteiger partial charge in [-0.25, -0.2) is 12.8 Å². The molecule has 0 radical (unpaired) electrons. The van der Waals surface area contributed by atoms with Gasteiger partial charge in [0.15, 0.2) is 0 Å². The van der Waals surface area contributed by atoms with Crippen LogP contribution < -0.4 is 14.4 Å². The second-order valence-electron chi connectivity index (χ2n) is 10.9. The summed E-state index contributed by atoms with van der Waals surface area (Å²) >= 11 is 0. The Bertz CT molecular complexity index is 1700. The van der Waals surface area contributed by atoms with Crippen LogP contribution in [0.4, 0.5) is 10.1 Å². The first-order valence-electron chi connectivity index (χ1n) is 15.3. The number of halogens is 1. The molecule has 1 N–H and O–H groups in total. The maximum absolute atomic E-state index is 14.5. The highest BCUT2D eigenvalue weighted by atomic mass is 32.2. The molecule has 8 nitrogen and oxygen atoms in total. The van der Waals surface area contributed by atoms with Crippen LogP contribution in [0.5, 0.6) is 5.75 Å². The number of sulfonamides is 1. The molecule has 0 unspecified atom stereocenters. The van der Waals surface area contributed by atoms with Crippen molar-refractivity contribution in [3.05, 3.63) is 126 Å². The number of carbonyl (C=O) groups is 2. The molecule has 0 aromatic heterocycles. The molecule has 4 aromatic carbocycles. The monoisotopic (exact) mass is 645 g/mol. The molecular formula is C36H40FN3O5S. The minimum Gasteiger partial charge on any atom is -0.494 e. The number of hydrogen-bond acceptors (Lipinski definition) is 5. The minimum atomic E-state index is -4.32. The normalized spacial score (nSPS) is 11.8. The first-order chi connectivity index (χ1) is 22.1. The molecule has 10 heteroatoms. The average Bonchev–Trinajstić information content (AvgIpc) is 3.05. The number of anilines is 1. The Hall–Kier alpha value is -4.70. The van der Waals surface area contributed by atoms with Crippen LogP contribution in [0.3, 0.4) is 0 Å². The molecule has 0 fully saturated rings. The number of benzene rings is 4. The van der Waals surface area contributed by atoms with E-state index in [0.717, 1.165) is 33.1 Å². The highest BCUT2D eigenvalue weighted by Gasteiger charge is 2.34. The van der Waals surface area contributed by atoms with Gasteiger partial charge in [0.2, 0.25) is 11.8 Å². The zero-order chi connectivity index (χ0) is 33.1. The second-order valence-corrected chi connectivity index (χ2v) is 12.8. The summed E-state index contributed by atoms with van der Waals surface area (Å²) in [6.45, 7) is 5.97. The van der Waals surface area contributed by atoms with Gasteiger partial charge in [0.05, 0.1) is 17.2 Å². The van der Waals surface area contributed by atoms with Gasteiger partial charge in [-0.2, -0.15) is 0 Å². The van der Waals surface area contributed by atoms with Crippen LogP contribution in [-0.4, -0.2) is 50.9 Å². The number of ether oxygens (including phenoxy) is 1. The summed E-state index contributed by atoms with van der Waals surface area (Å²) in [4.78, 5) is 29.5. The largest absolute Gasteiger partial charge is 0.494 e. The molecule has 0 saturated heterocycles. The predicted octanol–water partition coefficient (Wildman–Crippen LogP) is 5.89. The van der Waals surface area contributed by atoms with E-state index in [9.17, 15) is 22.4 Å². The fourth-order valence-corrected chi connectivity index (χ4v) is 6.48. The highest BCUT2D eigenvalue weighted by molar-refractivity contribution is 7.92. The van der Waals surface area contributed by atoms with Gasteiger partial charge in [0.1, 0.15) is 24.2 Å². The molecule has 46 heavy (non-hydrogen) atoms. The summed E-state index contributed by atoms with van der Waals surface area (Å²) in [6.07, 6.45) is 0.921. The van der Waals surface area contributed by atoms with Crippen molar-refractivity contribution in [1.82, 2.24) is 10.2 Å². The number of nitrogens with one attached hydrogen (secondary N) is 1. The Labute approximate surface area is 270 Å². The van der Waals surface area contributed by atoms with E-state index in [0.29, 0.717) is 25.3 Å². The molecule has 4 rings (SSSR count). The highest BCUT2D eigenvalue weighted by Crippen LogP contribution is 2.27. The van der Waals surface area contributed by atoms with Crippen LogP contribution in [0.2, 0.25) is 0 Å². The van der Waals surface area contributed by atoms with E-state index < -0.39 is 34.3 Å². The molecule has 0 heterocycles. The van der Waals surface area contributed by atoms with E-state index in [1.807, 2.05) is 75.4 Å². The van der Waals surface area contributed by atoms with Crippen LogP contribution in [0, 0.1) is 12.7 Å². The molecule has 0 bridgehead atoms. The summed E-state index contributed by atoms with van der Waals surface area (Å²) < 4.78 is 48.6. The van der Waals surface area contributed by atoms with Crippen molar-refractivity contribution in [1.29, 1.82) is 0 Å². The summed E-state index contributed by atoms with van der Waals surface area (Å²) in [6, 6.07) is 26.8. The third-order valence-electron chi connectivity index (χ3n) is 7.37. The zero-order valence-corrected chi connectivity index (χ0v) is 27.2. The van der Waals surface area contributed by atoms with Gasteiger partial charge < -0.3 is 15.0 Å². The third-order valence-corrected chi connectivity index (χ3v) is 9.16. The maximum atomic E-state index is 14.5. The Morgan fingerprint density at radius 1 is 0.870 bits per heavy atom. The number of rotatable bonds is 15. The summed E-state index contributed by atoms with van der Waals surface area (Å²) in [5.41, 5.74) is 2.72. The van der Waals surface area contributed by atoms with Crippen molar-refractivity contribution in [3.8, 4) is 5.75 Å². The van der Waals surface area contributed by atoms with Crippen molar-refractivity contribution < 1.29 is 27.1 Å². The molecule has 0 aliphatic rings. The van der Waals surface area contributed by atoms with E-state index >= 15 is 0 Å². The number of nitrogens with zero attached hydrogens (tertiary/aromatic N) is 2. The van der Waals surface area contributed by atoms with E-state index in [2.05, 4.69) is 5.32 Å². The van der Waals surface area contributed by atoms with Gasteiger partial charge in [-0.1, -0.05) is 67.1 Å². The lowest BCUT2D eigenvalue weighted by Crippen LogP contribution is -2.53. The SMILES string of the molecule is CCCNC(=O)[C@H](Cc1ccccc1)N(Cc1cccc(C)c1)C(=O)CN(c1ccc(F)cc1)S(=O)(=O)c1ccc(OCC)cc1. The topological polar surface area (TPSA) is 96.0 Å². The first-order valence-corrected chi connectivity index (χ1v) is 16.7. The van der Waals surface area contributed by atoms with Crippen LogP contribution >= 0.6 is 0 Å². The average molecular weight is 646 g/mol. The number of hydrogen-bond donors (Lipinski definition) is 1. The molecule has 242 valence electrons. The van der Waals surface area contributed by atoms with Gasteiger partial charge in [-0.05, 0) is 79.9 Å². The quantitative estimate of drug-likeness (QED) is 0.174. The summed E-state index contributed by atoms with van der Waals surface area (Å²) in [5.74, 6) is -0.982. The summed E-state index contributed by atoms with van der Waals surface area (Å²) in [7, 11) is -4.32. The van der Waals surface area contributed by atoms with Gasteiger partial charge >= 0.3 is 0 Å². The fraction of sp³-hybridized carbons (Fsp3) is 0.278. The number of aryl methyl sites for hydroxylation is 1. The van der Waals surface area contributed by atoms with E-state index in [1.54, 1.807) is 12.1 Å². The van der Waals surface area contributed by atoms with Crippen molar-refractivity contribution in [2.45, 2.75) is 51.1 Å². The first kappa shape index (κ1) is 34.2. The van der Waals surface area contributed by atoms with Gasteiger partial charge in [-0.15, -0.1) is 0 Å². The van der Waals surface area contributed by atoms with Crippen LogP contribution in [-0.2, 0) is 32.6 Å². The number of amides is 2. The van der Waals surface area contributed by atoms with Crippen LogP contribution in [0.1, 0.15) is 37.0 Å². The lowest BCUT2D eigenvalue weighted by molar-refractivity contribution is -0.140. The summed E-state index contributed by atoms with van der Waals surface area (Å²) in [5, 5.41) is 2.93. The van der Waals surface area contributed by atoms with E-state index in [-0.39, 0.29) is 29.5 Å². The standard InChI is InChI=1S/C36H40FN3O5S/c1-4-22-38-36(42)34(24-28-11-7-6-8-12-28)39(25-29-13-9-10-27(3)23-29)35(41)26-40(31-16-14-30(37)15-17-31)46(43,44)33-20-18-32(19-21-33)45-5-2/h6-21,23,34H,4-5,22,24-26H2,1-3H3,(H,38,42)/t34-/m0/s1. The van der Waals surface area contributed by atoms with Gasteiger partial charge in [0.25, 0.3) is 10.0 Å². The van der Waals surface area contributed by atoms with E-state index in [4.69, 9.17) is 4.74 Å². The lowest BCUT2D eigenvalue weighted by Gasteiger charge is -2.34. The van der Waals surface area contributed by atoms with Gasteiger partial charge in [-0.3, -0.25) is 13.9 Å². The molecule has 0 saturated carbocycles.